The molecule has 9 heteroatoms. The molecular formula is C20H18FN5O3. The van der Waals surface area contributed by atoms with Crippen molar-refractivity contribution in [2.24, 2.45) is 0 Å². The van der Waals surface area contributed by atoms with Gasteiger partial charge in [0.25, 0.3) is 5.91 Å². The van der Waals surface area contributed by atoms with Gasteiger partial charge in [0.2, 0.25) is 5.89 Å². The Morgan fingerprint density at radius 3 is 2.72 bits per heavy atom. The number of nitrogens with zero attached hydrogens (tertiary/aromatic N) is 4. The second-order valence-corrected chi connectivity index (χ2v) is 6.49. The number of oxazole rings is 1. The van der Waals surface area contributed by atoms with Crippen molar-refractivity contribution in [3.63, 3.8) is 0 Å². The van der Waals surface area contributed by atoms with E-state index in [1.54, 1.807) is 29.2 Å². The highest BCUT2D eigenvalue weighted by molar-refractivity contribution is 5.97. The van der Waals surface area contributed by atoms with E-state index < -0.39 is 0 Å². The average molecular weight is 395 g/mol. The first-order valence-electron chi connectivity index (χ1n) is 9.03. The number of anilines is 1. The molecule has 1 aliphatic heterocycles. The maximum absolute atomic E-state index is 13.1. The van der Waals surface area contributed by atoms with E-state index in [0.717, 1.165) is 5.56 Å². The smallest absolute Gasteiger partial charge is 0.326 e. The summed E-state index contributed by atoms with van der Waals surface area (Å²) in [7, 11) is 0. The Balaban J connectivity index is 1.41. The van der Waals surface area contributed by atoms with E-state index in [2.05, 4.69) is 15.3 Å². The van der Waals surface area contributed by atoms with Gasteiger partial charge in [0.1, 0.15) is 17.9 Å². The third kappa shape index (κ3) is 4.23. The van der Waals surface area contributed by atoms with Crippen LogP contribution < -0.4 is 10.2 Å². The highest BCUT2D eigenvalue weighted by Crippen LogP contribution is 2.21. The van der Waals surface area contributed by atoms with Crippen LogP contribution in [0.25, 0.3) is 0 Å². The van der Waals surface area contributed by atoms with E-state index in [1.165, 1.54) is 35.7 Å². The fourth-order valence-corrected chi connectivity index (χ4v) is 3.06. The summed E-state index contributed by atoms with van der Waals surface area (Å²) in [6.45, 7) is 1.51. The highest BCUT2D eigenvalue weighted by Gasteiger charge is 2.30. The normalized spacial score (nSPS) is 13.8. The fraction of sp³-hybridized carbons (Fsp3) is 0.200. The maximum atomic E-state index is 13.1. The molecule has 0 saturated carbocycles. The number of rotatable bonds is 6. The number of hydrogen-bond donors (Lipinski definition) is 1. The second-order valence-electron chi connectivity index (χ2n) is 6.49. The third-order valence-corrected chi connectivity index (χ3v) is 4.55. The lowest BCUT2D eigenvalue weighted by Crippen LogP contribution is -2.32. The largest absolute Gasteiger partial charge is 0.447 e. The van der Waals surface area contributed by atoms with Gasteiger partial charge in [0, 0.05) is 31.4 Å². The fourth-order valence-electron chi connectivity index (χ4n) is 3.06. The van der Waals surface area contributed by atoms with Gasteiger partial charge >= 0.3 is 6.03 Å². The van der Waals surface area contributed by atoms with Gasteiger partial charge in [-0.25, -0.2) is 19.2 Å². The van der Waals surface area contributed by atoms with Gasteiger partial charge in [0.05, 0.1) is 12.7 Å². The van der Waals surface area contributed by atoms with E-state index in [0.29, 0.717) is 36.9 Å². The monoisotopic (exact) mass is 395 g/mol. The standard InChI is InChI=1S/C20H18FN5O3/c21-16-3-1-14(2-4-16)13-25-8-9-26(20(25)28)17-11-15(5-6-22-17)19(27)24-12-18-23-7-10-29-18/h1-7,10-11H,8-9,12-13H2,(H,24,27). The molecule has 3 heterocycles. The van der Waals surface area contributed by atoms with Gasteiger partial charge in [-0.2, -0.15) is 0 Å². The summed E-state index contributed by atoms with van der Waals surface area (Å²) in [6, 6.07) is 8.99. The SMILES string of the molecule is O=C(NCc1ncco1)c1ccnc(N2CCN(Cc3ccc(F)cc3)C2=O)c1. The van der Waals surface area contributed by atoms with Crippen LogP contribution in [-0.4, -0.2) is 39.9 Å². The Bertz CT molecular complexity index is 1010. The molecule has 0 unspecified atom stereocenters. The van der Waals surface area contributed by atoms with E-state index in [4.69, 9.17) is 4.42 Å². The lowest BCUT2D eigenvalue weighted by molar-refractivity contribution is 0.0947. The number of nitrogens with one attached hydrogen (secondary N) is 1. The van der Waals surface area contributed by atoms with Gasteiger partial charge in [-0.15, -0.1) is 0 Å². The third-order valence-electron chi connectivity index (χ3n) is 4.55. The molecule has 29 heavy (non-hydrogen) atoms. The molecule has 8 nitrogen and oxygen atoms in total. The summed E-state index contributed by atoms with van der Waals surface area (Å²) in [5.41, 5.74) is 1.22. The molecular weight excluding hydrogens is 377 g/mol. The van der Waals surface area contributed by atoms with Crippen molar-refractivity contribution < 1.29 is 18.4 Å². The zero-order valence-electron chi connectivity index (χ0n) is 15.4. The van der Waals surface area contributed by atoms with Crippen LogP contribution in [0.2, 0.25) is 0 Å². The van der Waals surface area contributed by atoms with Crippen molar-refractivity contribution in [1.82, 2.24) is 20.2 Å². The number of carbonyl (C=O) groups is 2. The van der Waals surface area contributed by atoms with Crippen molar-refractivity contribution >= 4 is 17.8 Å². The second kappa shape index (κ2) is 8.09. The molecule has 1 aromatic carbocycles. The first-order valence-corrected chi connectivity index (χ1v) is 9.03. The summed E-state index contributed by atoms with van der Waals surface area (Å²) >= 11 is 0. The molecule has 2 aromatic heterocycles. The van der Waals surface area contributed by atoms with Gasteiger partial charge in [-0.1, -0.05) is 12.1 Å². The zero-order chi connectivity index (χ0) is 20.2. The molecule has 148 valence electrons. The van der Waals surface area contributed by atoms with Crippen LogP contribution in [0.4, 0.5) is 15.0 Å². The molecule has 3 amide bonds. The number of pyridine rings is 1. The summed E-state index contributed by atoms with van der Waals surface area (Å²) < 4.78 is 18.1. The summed E-state index contributed by atoms with van der Waals surface area (Å²) in [6.07, 6.45) is 4.43. The maximum Gasteiger partial charge on any atom is 0.326 e. The number of aromatic nitrogens is 2. The van der Waals surface area contributed by atoms with Crippen LogP contribution in [0.1, 0.15) is 21.8 Å². The van der Waals surface area contributed by atoms with Crippen LogP contribution >= 0.6 is 0 Å². The number of urea groups is 1. The lowest BCUT2D eigenvalue weighted by Gasteiger charge is -2.18. The van der Waals surface area contributed by atoms with Crippen LogP contribution in [0.15, 0.2) is 59.5 Å². The van der Waals surface area contributed by atoms with E-state index in [9.17, 15) is 14.0 Å². The Morgan fingerprint density at radius 1 is 1.14 bits per heavy atom. The number of benzene rings is 1. The van der Waals surface area contributed by atoms with Crippen LogP contribution in [0.3, 0.4) is 0 Å². The Morgan fingerprint density at radius 2 is 1.97 bits per heavy atom. The molecule has 0 spiro atoms. The van der Waals surface area contributed by atoms with Crippen LogP contribution in [-0.2, 0) is 13.1 Å². The van der Waals surface area contributed by atoms with Crippen molar-refractivity contribution in [2.75, 3.05) is 18.0 Å². The van der Waals surface area contributed by atoms with Crippen molar-refractivity contribution in [3.8, 4) is 0 Å². The number of hydrogen-bond acceptors (Lipinski definition) is 5. The van der Waals surface area contributed by atoms with E-state index in [1.807, 2.05) is 0 Å². The molecule has 3 aromatic rings. The molecule has 1 aliphatic rings. The predicted octanol–water partition coefficient (Wildman–Crippen LogP) is 2.58. The Kier molecular flexibility index (Phi) is 5.19. The molecule has 0 atom stereocenters. The lowest BCUT2D eigenvalue weighted by atomic mass is 10.2. The Labute approximate surface area is 166 Å². The quantitative estimate of drug-likeness (QED) is 0.693. The summed E-state index contributed by atoms with van der Waals surface area (Å²) in [5.74, 6) is 0.172. The minimum atomic E-state index is -0.318. The number of halogens is 1. The number of carbonyl (C=O) groups excluding carboxylic acids is 2. The molecule has 1 saturated heterocycles. The van der Waals surface area contributed by atoms with E-state index >= 15 is 0 Å². The topological polar surface area (TPSA) is 91.6 Å². The molecule has 1 N–H and O–H groups in total. The van der Waals surface area contributed by atoms with Gasteiger partial charge < -0.3 is 14.6 Å². The zero-order valence-corrected chi connectivity index (χ0v) is 15.4. The predicted molar refractivity (Wildman–Crippen MR) is 101 cm³/mol. The Hall–Kier alpha value is -3.75. The van der Waals surface area contributed by atoms with Crippen molar-refractivity contribution in [2.45, 2.75) is 13.1 Å². The van der Waals surface area contributed by atoms with Gasteiger partial charge in [-0.3, -0.25) is 9.69 Å². The van der Waals surface area contributed by atoms with Crippen molar-refractivity contribution in [1.29, 1.82) is 0 Å². The molecule has 4 rings (SSSR count). The van der Waals surface area contributed by atoms with Gasteiger partial charge in [-0.05, 0) is 29.8 Å². The molecule has 1 fully saturated rings. The molecule has 0 bridgehead atoms. The minimum absolute atomic E-state index is 0.164. The first-order chi connectivity index (χ1) is 14.1. The minimum Gasteiger partial charge on any atom is -0.447 e. The van der Waals surface area contributed by atoms with Crippen molar-refractivity contribution in [3.05, 3.63) is 77.9 Å². The number of amides is 3. The highest BCUT2D eigenvalue weighted by atomic mass is 19.1. The summed E-state index contributed by atoms with van der Waals surface area (Å²) in [5, 5.41) is 2.71. The van der Waals surface area contributed by atoms with Gasteiger partial charge in [0.15, 0.2) is 0 Å². The average Bonchev–Trinajstić information content (AvgIpc) is 3.38. The molecule has 0 aliphatic carbocycles. The summed E-state index contributed by atoms with van der Waals surface area (Å²) in [4.78, 5) is 36.5. The first kappa shape index (κ1) is 18.6. The van der Waals surface area contributed by atoms with Crippen LogP contribution in [0.5, 0.6) is 0 Å². The van der Waals surface area contributed by atoms with E-state index in [-0.39, 0.29) is 24.3 Å². The van der Waals surface area contributed by atoms with Crippen LogP contribution in [0, 0.1) is 5.82 Å². The molecule has 0 radical (unpaired) electrons.